The van der Waals surface area contributed by atoms with Crippen LogP contribution in [-0.2, 0) is 11.3 Å². The van der Waals surface area contributed by atoms with Gasteiger partial charge in [0.1, 0.15) is 0 Å². The van der Waals surface area contributed by atoms with Crippen molar-refractivity contribution in [1.82, 2.24) is 4.90 Å². The zero-order chi connectivity index (χ0) is 21.4. The summed E-state index contributed by atoms with van der Waals surface area (Å²) in [6.45, 7) is 2.69. The van der Waals surface area contributed by atoms with Crippen molar-refractivity contribution < 1.29 is 19.1 Å². The molecule has 0 aliphatic carbocycles. The average molecular weight is 414 g/mol. The Kier molecular flexibility index (Phi) is 4.82. The lowest BCUT2D eigenvalue weighted by Crippen LogP contribution is -2.32. The second-order valence-corrected chi connectivity index (χ2v) is 7.84. The Balaban J connectivity index is 1.39. The lowest BCUT2D eigenvalue weighted by molar-refractivity contribution is -0.117. The van der Waals surface area contributed by atoms with E-state index in [1.807, 2.05) is 55.5 Å². The summed E-state index contributed by atoms with van der Waals surface area (Å²) in [5.41, 5.74) is 4.39. The summed E-state index contributed by atoms with van der Waals surface area (Å²) in [6.07, 6.45) is 0.150. The van der Waals surface area contributed by atoms with Gasteiger partial charge in [0.15, 0.2) is 11.5 Å². The van der Waals surface area contributed by atoms with Crippen molar-refractivity contribution in [3.8, 4) is 11.5 Å². The highest BCUT2D eigenvalue weighted by Crippen LogP contribution is 2.36. The quantitative estimate of drug-likeness (QED) is 0.670. The number of anilines is 1. The zero-order valence-electron chi connectivity index (χ0n) is 17.1. The highest BCUT2D eigenvalue weighted by atomic mass is 16.7. The Morgan fingerprint density at radius 3 is 2.61 bits per heavy atom. The molecule has 2 aliphatic heterocycles. The molecule has 3 aromatic carbocycles. The van der Waals surface area contributed by atoms with Gasteiger partial charge >= 0.3 is 0 Å². The van der Waals surface area contributed by atoms with Crippen molar-refractivity contribution in [2.24, 2.45) is 0 Å². The topological polar surface area (TPSA) is 67.9 Å². The normalized spacial score (nSPS) is 15.0. The number of hydrogen-bond donors (Lipinski definition) is 1. The monoisotopic (exact) mass is 414 g/mol. The van der Waals surface area contributed by atoms with Crippen molar-refractivity contribution in [3.63, 3.8) is 0 Å². The lowest BCUT2D eigenvalue weighted by atomic mass is 10.00. The summed E-state index contributed by atoms with van der Waals surface area (Å²) in [6, 6.07) is 20.5. The van der Waals surface area contributed by atoms with Crippen LogP contribution < -0.4 is 14.8 Å². The van der Waals surface area contributed by atoms with Gasteiger partial charge in [0.25, 0.3) is 5.91 Å². The minimum atomic E-state index is -0.366. The van der Waals surface area contributed by atoms with Gasteiger partial charge in [0.2, 0.25) is 12.7 Å². The molecule has 156 valence electrons. The molecule has 0 fully saturated rings. The number of rotatable bonds is 5. The number of carbonyl (C=O) groups is 2. The molecule has 0 aromatic heterocycles. The minimum Gasteiger partial charge on any atom is -0.454 e. The Morgan fingerprint density at radius 1 is 1.03 bits per heavy atom. The summed E-state index contributed by atoms with van der Waals surface area (Å²) < 4.78 is 10.7. The molecule has 6 heteroatoms. The summed E-state index contributed by atoms with van der Waals surface area (Å²) in [5, 5.41) is 2.93. The van der Waals surface area contributed by atoms with Crippen LogP contribution in [0.3, 0.4) is 0 Å². The number of nitrogens with zero attached hydrogens (tertiary/aromatic N) is 1. The fourth-order valence-electron chi connectivity index (χ4n) is 4.09. The Bertz CT molecular complexity index is 1160. The van der Waals surface area contributed by atoms with Gasteiger partial charge < -0.3 is 19.7 Å². The molecule has 0 radical (unpaired) electrons. The van der Waals surface area contributed by atoms with Crippen LogP contribution in [-0.4, -0.2) is 23.5 Å². The molecule has 2 aliphatic rings. The van der Waals surface area contributed by atoms with E-state index >= 15 is 0 Å². The van der Waals surface area contributed by atoms with Gasteiger partial charge in [-0.25, -0.2) is 0 Å². The average Bonchev–Trinajstić information content (AvgIpc) is 3.37. The smallest absolute Gasteiger partial charge is 0.255 e. The van der Waals surface area contributed by atoms with Gasteiger partial charge in [-0.1, -0.05) is 48.0 Å². The van der Waals surface area contributed by atoms with Crippen molar-refractivity contribution >= 4 is 17.5 Å². The minimum absolute atomic E-state index is 0.0444. The number of benzene rings is 3. The van der Waals surface area contributed by atoms with E-state index in [0.29, 0.717) is 29.3 Å². The van der Waals surface area contributed by atoms with Crippen LogP contribution in [0.15, 0.2) is 66.7 Å². The first-order valence-corrected chi connectivity index (χ1v) is 10.2. The predicted octanol–water partition coefficient (Wildman–Crippen LogP) is 4.45. The maximum Gasteiger partial charge on any atom is 0.255 e. The Hall–Kier alpha value is -3.80. The van der Waals surface area contributed by atoms with Crippen molar-refractivity contribution in [2.75, 3.05) is 12.1 Å². The van der Waals surface area contributed by atoms with Crippen LogP contribution in [0, 0.1) is 6.92 Å². The zero-order valence-corrected chi connectivity index (χ0v) is 17.1. The molecule has 3 aromatic rings. The fourth-order valence-corrected chi connectivity index (χ4v) is 4.09. The largest absolute Gasteiger partial charge is 0.454 e. The number of carbonyl (C=O) groups excluding carboxylic acids is 2. The Morgan fingerprint density at radius 2 is 1.81 bits per heavy atom. The maximum atomic E-state index is 13.1. The number of amides is 2. The molecule has 2 heterocycles. The molecular weight excluding hydrogens is 392 g/mol. The summed E-state index contributed by atoms with van der Waals surface area (Å²) in [4.78, 5) is 27.9. The van der Waals surface area contributed by atoms with Crippen LogP contribution in [0.2, 0.25) is 0 Å². The molecule has 0 saturated heterocycles. The van der Waals surface area contributed by atoms with Crippen LogP contribution in [0.5, 0.6) is 11.5 Å². The van der Waals surface area contributed by atoms with Crippen LogP contribution in [0.25, 0.3) is 0 Å². The summed E-state index contributed by atoms with van der Waals surface area (Å²) in [7, 11) is 0. The Labute approximate surface area is 180 Å². The summed E-state index contributed by atoms with van der Waals surface area (Å²) >= 11 is 0. The third-order valence-electron chi connectivity index (χ3n) is 5.72. The highest BCUT2D eigenvalue weighted by Gasteiger charge is 2.34. The van der Waals surface area contributed by atoms with E-state index in [1.54, 1.807) is 23.1 Å². The van der Waals surface area contributed by atoms with E-state index < -0.39 is 0 Å². The second kappa shape index (κ2) is 7.80. The molecule has 1 atom stereocenters. The molecule has 0 bridgehead atoms. The molecule has 6 nitrogen and oxygen atoms in total. The van der Waals surface area contributed by atoms with Gasteiger partial charge in [-0.3, -0.25) is 9.59 Å². The van der Waals surface area contributed by atoms with E-state index in [0.717, 1.165) is 16.7 Å². The van der Waals surface area contributed by atoms with Gasteiger partial charge in [0, 0.05) is 23.9 Å². The van der Waals surface area contributed by atoms with E-state index in [1.165, 1.54) is 0 Å². The third-order valence-corrected chi connectivity index (χ3v) is 5.72. The number of hydrogen-bond acceptors (Lipinski definition) is 4. The molecule has 0 spiro atoms. The number of ether oxygens (including phenoxy) is 2. The fraction of sp³-hybridized carbons (Fsp3) is 0.200. The van der Waals surface area contributed by atoms with Gasteiger partial charge in [-0.05, 0) is 36.2 Å². The van der Waals surface area contributed by atoms with Gasteiger partial charge in [0.05, 0.1) is 12.5 Å². The van der Waals surface area contributed by atoms with E-state index in [2.05, 4.69) is 5.32 Å². The number of aryl methyl sites for hydroxylation is 1. The SMILES string of the molecule is Cc1ccc([C@@H](CC(=O)Nc2ccc3c(c2)OCO3)N2Cc3ccccc3C2=O)cc1. The molecule has 0 unspecified atom stereocenters. The van der Waals surface area contributed by atoms with Crippen molar-refractivity contribution in [2.45, 2.75) is 25.9 Å². The van der Waals surface area contributed by atoms with Gasteiger partial charge in [-0.15, -0.1) is 0 Å². The predicted molar refractivity (Wildman–Crippen MR) is 116 cm³/mol. The van der Waals surface area contributed by atoms with E-state index in [9.17, 15) is 9.59 Å². The maximum absolute atomic E-state index is 13.1. The van der Waals surface area contributed by atoms with Crippen LogP contribution >= 0.6 is 0 Å². The first kappa shape index (κ1) is 19.2. The third kappa shape index (κ3) is 3.72. The first-order chi connectivity index (χ1) is 15.1. The molecule has 1 N–H and O–H groups in total. The van der Waals surface area contributed by atoms with E-state index in [-0.39, 0.29) is 31.1 Å². The highest BCUT2D eigenvalue weighted by molar-refractivity contribution is 5.99. The number of fused-ring (bicyclic) bond motifs is 2. The molecule has 5 rings (SSSR count). The van der Waals surface area contributed by atoms with Crippen molar-refractivity contribution in [1.29, 1.82) is 0 Å². The molecule has 2 amide bonds. The number of nitrogens with one attached hydrogen (secondary N) is 1. The molecular formula is C25H22N2O4. The molecule has 31 heavy (non-hydrogen) atoms. The van der Waals surface area contributed by atoms with E-state index in [4.69, 9.17) is 9.47 Å². The molecule has 0 saturated carbocycles. The van der Waals surface area contributed by atoms with Crippen molar-refractivity contribution in [3.05, 3.63) is 89.0 Å². The van der Waals surface area contributed by atoms with Crippen LogP contribution in [0.1, 0.15) is 39.5 Å². The second-order valence-electron chi connectivity index (χ2n) is 7.84. The summed E-state index contributed by atoms with van der Waals surface area (Å²) in [5.74, 6) is 1.05. The first-order valence-electron chi connectivity index (χ1n) is 10.2. The van der Waals surface area contributed by atoms with Crippen LogP contribution in [0.4, 0.5) is 5.69 Å². The lowest BCUT2D eigenvalue weighted by Gasteiger charge is -2.28. The standard InChI is InChI=1S/C25H22N2O4/c1-16-6-8-17(9-7-16)21(27-14-18-4-2-3-5-20(18)25(27)29)13-24(28)26-19-10-11-22-23(12-19)31-15-30-22/h2-12,21H,13-15H2,1H3,(H,26,28)/t21-/m1/s1. The van der Waals surface area contributed by atoms with Gasteiger partial charge in [-0.2, -0.15) is 0 Å².